The van der Waals surface area contributed by atoms with Crippen molar-refractivity contribution in [3.05, 3.63) is 22.4 Å². The molecule has 1 N–H and O–H groups in total. The van der Waals surface area contributed by atoms with E-state index in [0.29, 0.717) is 19.4 Å². The third kappa shape index (κ3) is 2.41. The average molecular weight is 239 g/mol. The van der Waals surface area contributed by atoms with Crippen LogP contribution in [0.3, 0.4) is 0 Å². The van der Waals surface area contributed by atoms with Crippen molar-refractivity contribution in [2.24, 2.45) is 0 Å². The lowest BCUT2D eigenvalue weighted by atomic mass is 10.1. The molecule has 1 saturated heterocycles. The summed E-state index contributed by atoms with van der Waals surface area (Å²) < 4.78 is 0. The Morgan fingerprint density at radius 2 is 2.44 bits per heavy atom. The monoisotopic (exact) mass is 239 g/mol. The first-order valence-electron chi connectivity index (χ1n) is 5.19. The van der Waals surface area contributed by atoms with Crippen molar-refractivity contribution in [3.8, 4) is 0 Å². The van der Waals surface area contributed by atoms with Crippen LogP contribution in [0, 0.1) is 0 Å². The Labute approximate surface area is 97.5 Å². The van der Waals surface area contributed by atoms with Gasteiger partial charge in [-0.3, -0.25) is 9.59 Å². The maximum Gasteiger partial charge on any atom is 0.305 e. The van der Waals surface area contributed by atoms with Crippen LogP contribution in [-0.2, 0) is 16.1 Å². The fraction of sp³-hybridized carbons (Fsp3) is 0.455. The summed E-state index contributed by atoms with van der Waals surface area (Å²) >= 11 is 1.59. The minimum atomic E-state index is -0.838. The Bertz CT molecular complexity index is 388. The lowest BCUT2D eigenvalue weighted by molar-refractivity contribution is -0.139. The van der Waals surface area contributed by atoms with Crippen molar-refractivity contribution in [1.29, 1.82) is 0 Å². The predicted octanol–water partition coefficient (Wildman–Crippen LogP) is 1.71. The largest absolute Gasteiger partial charge is 0.481 e. The number of carbonyl (C=O) groups excluding carboxylic acids is 1. The first kappa shape index (κ1) is 11.1. The lowest BCUT2D eigenvalue weighted by Crippen LogP contribution is -2.33. The molecular weight excluding hydrogens is 226 g/mol. The molecule has 2 rings (SSSR count). The first-order valence-corrected chi connectivity index (χ1v) is 6.13. The van der Waals surface area contributed by atoms with Gasteiger partial charge in [0.05, 0.1) is 6.42 Å². The maximum absolute atomic E-state index is 11.6. The summed E-state index contributed by atoms with van der Waals surface area (Å²) in [6, 6.07) is 1.83. The Balaban J connectivity index is 2.04. The zero-order valence-electron chi connectivity index (χ0n) is 8.76. The third-order valence-corrected chi connectivity index (χ3v) is 3.53. The van der Waals surface area contributed by atoms with Gasteiger partial charge in [0, 0.05) is 19.0 Å². The maximum atomic E-state index is 11.6. The highest BCUT2D eigenvalue weighted by Crippen LogP contribution is 2.24. The molecule has 0 aliphatic carbocycles. The molecular formula is C11H13NO3S. The van der Waals surface area contributed by atoms with E-state index in [1.54, 1.807) is 16.2 Å². The smallest absolute Gasteiger partial charge is 0.305 e. The van der Waals surface area contributed by atoms with Crippen molar-refractivity contribution >= 4 is 23.2 Å². The van der Waals surface area contributed by atoms with Gasteiger partial charge in [0.2, 0.25) is 5.91 Å². The molecule has 1 aromatic rings. The number of carboxylic acid groups (broad SMARTS) is 1. The van der Waals surface area contributed by atoms with E-state index < -0.39 is 5.97 Å². The molecule has 1 atom stereocenters. The molecule has 1 fully saturated rings. The quantitative estimate of drug-likeness (QED) is 0.870. The number of rotatable bonds is 4. The zero-order valence-corrected chi connectivity index (χ0v) is 9.57. The molecule has 0 spiro atoms. The Kier molecular flexibility index (Phi) is 3.24. The van der Waals surface area contributed by atoms with Gasteiger partial charge in [-0.1, -0.05) is 0 Å². The minimum absolute atomic E-state index is 0.0515. The van der Waals surface area contributed by atoms with Crippen LogP contribution in [0.1, 0.15) is 24.8 Å². The van der Waals surface area contributed by atoms with Crippen LogP contribution in [0.15, 0.2) is 16.8 Å². The van der Waals surface area contributed by atoms with Gasteiger partial charge in [-0.25, -0.2) is 0 Å². The second-order valence-electron chi connectivity index (χ2n) is 3.94. The number of amides is 1. The number of aliphatic carboxylic acids is 1. The number of carboxylic acids is 1. The molecule has 1 aromatic heterocycles. The summed E-state index contributed by atoms with van der Waals surface area (Å²) in [5.74, 6) is -0.771. The van der Waals surface area contributed by atoms with Gasteiger partial charge in [0.15, 0.2) is 0 Å². The molecule has 1 unspecified atom stereocenters. The highest BCUT2D eigenvalue weighted by molar-refractivity contribution is 7.07. The van der Waals surface area contributed by atoms with Gasteiger partial charge < -0.3 is 10.0 Å². The van der Waals surface area contributed by atoms with Gasteiger partial charge in [-0.15, -0.1) is 0 Å². The Morgan fingerprint density at radius 1 is 1.62 bits per heavy atom. The van der Waals surface area contributed by atoms with E-state index in [1.165, 1.54) is 0 Å². The molecule has 2 heterocycles. The molecule has 1 amide bonds. The van der Waals surface area contributed by atoms with E-state index in [2.05, 4.69) is 0 Å². The second kappa shape index (κ2) is 4.65. The molecule has 5 heteroatoms. The lowest BCUT2D eigenvalue weighted by Gasteiger charge is -2.23. The van der Waals surface area contributed by atoms with Crippen molar-refractivity contribution in [2.75, 3.05) is 0 Å². The van der Waals surface area contributed by atoms with Crippen molar-refractivity contribution < 1.29 is 14.7 Å². The van der Waals surface area contributed by atoms with Crippen LogP contribution in [0.2, 0.25) is 0 Å². The SMILES string of the molecule is O=C(O)CC1CCC(=O)N1Cc1ccsc1. The Morgan fingerprint density at radius 3 is 3.06 bits per heavy atom. The standard InChI is InChI=1S/C11H13NO3S/c13-10-2-1-9(5-11(14)15)12(10)6-8-3-4-16-7-8/h3-4,7,9H,1-2,5-6H2,(H,14,15). The first-order chi connectivity index (χ1) is 7.66. The second-order valence-corrected chi connectivity index (χ2v) is 4.72. The van der Waals surface area contributed by atoms with Crippen molar-refractivity contribution in [2.45, 2.75) is 31.8 Å². The van der Waals surface area contributed by atoms with Crippen LogP contribution in [-0.4, -0.2) is 27.9 Å². The number of carbonyl (C=O) groups is 2. The van der Waals surface area contributed by atoms with E-state index in [9.17, 15) is 9.59 Å². The number of hydrogen-bond donors (Lipinski definition) is 1. The zero-order chi connectivity index (χ0) is 11.5. The summed E-state index contributed by atoms with van der Waals surface area (Å²) in [5.41, 5.74) is 1.08. The molecule has 86 valence electrons. The number of thiophene rings is 1. The van der Waals surface area contributed by atoms with E-state index in [0.717, 1.165) is 5.56 Å². The van der Waals surface area contributed by atoms with Crippen LogP contribution in [0.4, 0.5) is 0 Å². The number of hydrogen-bond acceptors (Lipinski definition) is 3. The van der Waals surface area contributed by atoms with Crippen LogP contribution < -0.4 is 0 Å². The Hall–Kier alpha value is -1.36. The molecule has 0 bridgehead atoms. The topological polar surface area (TPSA) is 57.6 Å². The average Bonchev–Trinajstić information content (AvgIpc) is 2.82. The fourth-order valence-electron chi connectivity index (χ4n) is 2.00. The van der Waals surface area contributed by atoms with Gasteiger partial charge in [0.1, 0.15) is 0 Å². The molecule has 16 heavy (non-hydrogen) atoms. The van der Waals surface area contributed by atoms with Crippen molar-refractivity contribution in [3.63, 3.8) is 0 Å². The predicted molar refractivity (Wildman–Crippen MR) is 60.1 cm³/mol. The molecule has 0 aromatic carbocycles. The third-order valence-electron chi connectivity index (χ3n) is 2.80. The van der Waals surface area contributed by atoms with Gasteiger partial charge in [0.25, 0.3) is 0 Å². The summed E-state index contributed by atoms with van der Waals surface area (Å²) in [7, 11) is 0. The number of nitrogens with zero attached hydrogens (tertiary/aromatic N) is 1. The van der Waals surface area contributed by atoms with E-state index in [-0.39, 0.29) is 18.4 Å². The van der Waals surface area contributed by atoms with Gasteiger partial charge >= 0.3 is 5.97 Å². The fourth-order valence-corrected chi connectivity index (χ4v) is 2.66. The normalized spacial score (nSPS) is 20.4. The molecule has 1 aliphatic heterocycles. The van der Waals surface area contributed by atoms with Crippen LogP contribution in [0.25, 0.3) is 0 Å². The highest BCUT2D eigenvalue weighted by atomic mass is 32.1. The molecule has 1 aliphatic rings. The van der Waals surface area contributed by atoms with Gasteiger partial charge in [-0.05, 0) is 28.8 Å². The molecule has 4 nitrogen and oxygen atoms in total. The summed E-state index contributed by atoms with van der Waals surface area (Å²) in [6.07, 6.45) is 1.19. The number of likely N-dealkylation sites (tertiary alicyclic amines) is 1. The summed E-state index contributed by atoms with van der Waals surface area (Å²) in [4.78, 5) is 24.0. The van der Waals surface area contributed by atoms with Gasteiger partial charge in [-0.2, -0.15) is 11.3 Å². The summed E-state index contributed by atoms with van der Waals surface area (Å²) in [5, 5.41) is 12.7. The van der Waals surface area contributed by atoms with Crippen LogP contribution in [0.5, 0.6) is 0 Å². The highest BCUT2D eigenvalue weighted by Gasteiger charge is 2.32. The van der Waals surface area contributed by atoms with Crippen LogP contribution >= 0.6 is 11.3 Å². The van der Waals surface area contributed by atoms with E-state index >= 15 is 0 Å². The van der Waals surface area contributed by atoms with Crippen molar-refractivity contribution in [1.82, 2.24) is 4.90 Å². The minimum Gasteiger partial charge on any atom is -0.481 e. The molecule has 0 saturated carbocycles. The van der Waals surface area contributed by atoms with E-state index in [1.807, 2.05) is 16.8 Å². The van der Waals surface area contributed by atoms with E-state index in [4.69, 9.17) is 5.11 Å². The summed E-state index contributed by atoms with van der Waals surface area (Å²) in [6.45, 7) is 0.542. The molecule has 0 radical (unpaired) electrons.